The average Bonchev–Trinajstić information content (AvgIpc) is 2.84. The van der Waals surface area contributed by atoms with Gasteiger partial charge in [-0.2, -0.15) is 11.8 Å². The number of nitrogens with one attached hydrogen (secondary N) is 1. The molecule has 2 aliphatic carbocycles. The van der Waals surface area contributed by atoms with Crippen LogP contribution in [0.3, 0.4) is 0 Å². The van der Waals surface area contributed by atoms with E-state index >= 15 is 0 Å². The van der Waals surface area contributed by atoms with Crippen molar-refractivity contribution in [3.63, 3.8) is 0 Å². The molecule has 0 aromatic carbocycles. The lowest BCUT2D eigenvalue weighted by atomic mass is 9.83. The molecule has 0 radical (unpaired) electrons. The van der Waals surface area contributed by atoms with E-state index in [1.807, 2.05) is 6.26 Å². The van der Waals surface area contributed by atoms with Gasteiger partial charge in [-0.1, -0.05) is 15.9 Å². The van der Waals surface area contributed by atoms with Crippen molar-refractivity contribution in [2.75, 3.05) is 18.6 Å². The molecule has 0 spiro atoms. The van der Waals surface area contributed by atoms with E-state index < -0.39 is 5.60 Å². The van der Waals surface area contributed by atoms with Crippen molar-refractivity contribution in [1.29, 1.82) is 0 Å². The first-order valence-electron chi connectivity index (χ1n) is 6.53. The summed E-state index contributed by atoms with van der Waals surface area (Å²) in [5, 5.41) is 13.1. The fourth-order valence-corrected chi connectivity index (χ4v) is 5.22. The van der Waals surface area contributed by atoms with E-state index in [9.17, 15) is 9.90 Å². The smallest absolute Gasteiger partial charge is 0.227 e. The standard InChI is InChI=1S/C13H22BrNO2S/c1-12(17,8-18-2)7-15-11(16)13-4-3-9(6-13)5-10(13)14/h9-10,17H,3-8H2,1-2H3,(H,15,16)/t9-,10+,12-,13+/m0/s1. The van der Waals surface area contributed by atoms with E-state index in [0.717, 1.165) is 19.3 Å². The number of amides is 1. The number of hydrogen-bond acceptors (Lipinski definition) is 3. The molecule has 5 heteroatoms. The van der Waals surface area contributed by atoms with E-state index in [-0.39, 0.29) is 11.3 Å². The third-order valence-corrected chi connectivity index (χ3v) is 6.49. The monoisotopic (exact) mass is 335 g/mol. The van der Waals surface area contributed by atoms with Gasteiger partial charge < -0.3 is 10.4 Å². The maximum Gasteiger partial charge on any atom is 0.227 e. The molecule has 104 valence electrons. The number of rotatable bonds is 5. The molecule has 3 nitrogen and oxygen atoms in total. The van der Waals surface area contributed by atoms with E-state index in [4.69, 9.17) is 0 Å². The molecule has 2 saturated carbocycles. The zero-order valence-electron chi connectivity index (χ0n) is 11.0. The molecule has 1 amide bonds. The molecule has 0 unspecified atom stereocenters. The molecule has 4 atom stereocenters. The lowest BCUT2D eigenvalue weighted by Crippen LogP contribution is -2.49. The Bertz CT molecular complexity index is 337. The van der Waals surface area contributed by atoms with Crippen LogP contribution in [0.4, 0.5) is 0 Å². The van der Waals surface area contributed by atoms with Crippen LogP contribution in [-0.4, -0.2) is 40.0 Å². The minimum Gasteiger partial charge on any atom is -0.387 e. The summed E-state index contributed by atoms with van der Waals surface area (Å²) < 4.78 is 0. The SMILES string of the molecule is CSC[C@@](C)(O)CNC(=O)[C@@]12CC[C@@H](C[C@H]1Br)C2. The summed E-state index contributed by atoms with van der Waals surface area (Å²) in [6, 6.07) is 0. The Labute approximate surface area is 122 Å². The molecule has 0 saturated heterocycles. The normalized spacial score (nSPS) is 37.6. The lowest BCUT2D eigenvalue weighted by molar-refractivity contribution is -0.131. The second-order valence-corrected chi connectivity index (χ2v) is 8.05. The summed E-state index contributed by atoms with van der Waals surface area (Å²) in [6.45, 7) is 2.12. The predicted molar refractivity (Wildman–Crippen MR) is 79.1 cm³/mol. The molecule has 2 bridgehead atoms. The number of thioether (sulfide) groups is 1. The van der Waals surface area contributed by atoms with Gasteiger partial charge in [0.25, 0.3) is 0 Å². The Morgan fingerprint density at radius 1 is 1.67 bits per heavy atom. The van der Waals surface area contributed by atoms with Gasteiger partial charge in [-0.05, 0) is 44.8 Å². The van der Waals surface area contributed by atoms with Crippen LogP contribution < -0.4 is 5.32 Å². The van der Waals surface area contributed by atoms with Crippen molar-refractivity contribution in [3.05, 3.63) is 0 Å². The maximum absolute atomic E-state index is 12.4. The van der Waals surface area contributed by atoms with E-state index in [2.05, 4.69) is 21.2 Å². The zero-order chi connectivity index (χ0) is 13.4. The third-order valence-electron chi connectivity index (χ3n) is 4.33. The fourth-order valence-electron chi connectivity index (χ4n) is 3.34. The van der Waals surface area contributed by atoms with Gasteiger partial charge in [0, 0.05) is 17.1 Å². The van der Waals surface area contributed by atoms with Crippen LogP contribution in [-0.2, 0) is 4.79 Å². The Kier molecular flexibility index (Phi) is 4.34. The molecule has 2 N–H and O–H groups in total. The van der Waals surface area contributed by atoms with Crippen molar-refractivity contribution in [2.24, 2.45) is 11.3 Å². The van der Waals surface area contributed by atoms with Gasteiger partial charge in [-0.3, -0.25) is 4.79 Å². The van der Waals surface area contributed by atoms with Crippen molar-refractivity contribution in [3.8, 4) is 0 Å². The highest BCUT2D eigenvalue weighted by Gasteiger charge is 2.55. The molecular formula is C13H22BrNO2S. The lowest BCUT2D eigenvalue weighted by Gasteiger charge is -2.32. The second-order valence-electron chi connectivity index (χ2n) is 6.08. The number of hydrogen-bond donors (Lipinski definition) is 2. The van der Waals surface area contributed by atoms with Crippen molar-refractivity contribution in [1.82, 2.24) is 5.32 Å². The van der Waals surface area contributed by atoms with Crippen LogP contribution in [0.25, 0.3) is 0 Å². The van der Waals surface area contributed by atoms with Gasteiger partial charge in [0.2, 0.25) is 5.91 Å². The van der Waals surface area contributed by atoms with Gasteiger partial charge in [0.1, 0.15) is 0 Å². The largest absolute Gasteiger partial charge is 0.387 e. The molecule has 2 aliphatic rings. The van der Waals surface area contributed by atoms with Crippen LogP contribution in [0.5, 0.6) is 0 Å². The minimum absolute atomic E-state index is 0.130. The quantitative estimate of drug-likeness (QED) is 0.757. The molecule has 18 heavy (non-hydrogen) atoms. The van der Waals surface area contributed by atoms with Crippen molar-refractivity contribution < 1.29 is 9.90 Å². The van der Waals surface area contributed by atoms with Crippen LogP contribution in [0.15, 0.2) is 0 Å². The highest BCUT2D eigenvalue weighted by atomic mass is 79.9. The first-order chi connectivity index (χ1) is 8.39. The van der Waals surface area contributed by atoms with Crippen molar-refractivity contribution >= 4 is 33.6 Å². The highest BCUT2D eigenvalue weighted by Crippen LogP contribution is 2.57. The Morgan fingerprint density at radius 3 is 2.89 bits per heavy atom. The van der Waals surface area contributed by atoms with Gasteiger partial charge in [-0.25, -0.2) is 0 Å². The number of aliphatic hydroxyl groups is 1. The number of halogens is 1. The third kappa shape index (κ3) is 2.73. The minimum atomic E-state index is -0.815. The first-order valence-corrected chi connectivity index (χ1v) is 8.84. The van der Waals surface area contributed by atoms with Crippen LogP contribution in [0.2, 0.25) is 0 Å². The van der Waals surface area contributed by atoms with Gasteiger partial charge in [0.15, 0.2) is 0 Å². The topological polar surface area (TPSA) is 49.3 Å². The van der Waals surface area contributed by atoms with Gasteiger partial charge in [-0.15, -0.1) is 0 Å². The van der Waals surface area contributed by atoms with Crippen molar-refractivity contribution in [2.45, 2.75) is 43.0 Å². The summed E-state index contributed by atoms with van der Waals surface area (Å²) in [5.74, 6) is 1.48. The van der Waals surface area contributed by atoms with E-state index in [0.29, 0.717) is 23.0 Å². The second kappa shape index (κ2) is 5.33. The van der Waals surface area contributed by atoms with Crippen LogP contribution in [0.1, 0.15) is 32.6 Å². The molecule has 0 aromatic heterocycles. The summed E-state index contributed by atoms with van der Waals surface area (Å²) in [4.78, 5) is 12.7. The zero-order valence-corrected chi connectivity index (χ0v) is 13.4. The number of carbonyl (C=O) groups excluding carboxylic acids is 1. The fraction of sp³-hybridized carbons (Fsp3) is 0.923. The summed E-state index contributed by atoms with van der Waals surface area (Å²) >= 11 is 5.27. The molecule has 0 heterocycles. The predicted octanol–water partition coefficient (Wildman–Crippen LogP) is 2.17. The molecular weight excluding hydrogens is 314 g/mol. The summed E-state index contributed by atoms with van der Waals surface area (Å²) in [6.07, 6.45) is 6.26. The Hall–Kier alpha value is 0.260. The van der Waals surface area contributed by atoms with E-state index in [1.54, 1.807) is 18.7 Å². The van der Waals surface area contributed by atoms with E-state index in [1.165, 1.54) is 6.42 Å². The molecule has 2 rings (SSSR count). The first kappa shape index (κ1) is 14.7. The molecule has 0 aromatic rings. The molecule has 0 aliphatic heterocycles. The Balaban J connectivity index is 1.92. The summed E-state index contributed by atoms with van der Waals surface area (Å²) in [5.41, 5.74) is -1.02. The maximum atomic E-state index is 12.4. The Morgan fingerprint density at radius 2 is 2.39 bits per heavy atom. The van der Waals surface area contributed by atoms with Crippen LogP contribution in [0, 0.1) is 11.3 Å². The van der Waals surface area contributed by atoms with Crippen LogP contribution >= 0.6 is 27.7 Å². The number of carbonyl (C=O) groups is 1. The number of alkyl halides is 1. The summed E-state index contributed by atoms with van der Waals surface area (Å²) in [7, 11) is 0. The average molecular weight is 336 g/mol. The molecule has 2 fully saturated rings. The van der Waals surface area contributed by atoms with Gasteiger partial charge in [0.05, 0.1) is 11.0 Å². The van der Waals surface area contributed by atoms with Gasteiger partial charge >= 0.3 is 0 Å². The number of fused-ring (bicyclic) bond motifs is 2. The highest BCUT2D eigenvalue weighted by molar-refractivity contribution is 9.09.